The smallest absolute Gasteiger partial charge is 0.175 e. The number of nitrogens with zero attached hydrogens (tertiary/aromatic N) is 1. The fourth-order valence-electron chi connectivity index (χ4n) is 5.92. The van der Waals surface area contributed by atoms with Crippen LogP contribution in [0, 0.1) is 23.2 Å². The number of allylic oxidation sites excluding steroid dienone is 4. The monoisotopic (exact) mass is 603 g/mol. The molecule has 2 atom stereocenters. The van der Waals surface area contributed by atoms with Crippen molar-refractivity contribution in [1.29, 1.82) is 5.26 Å². The summed E-state index contributed by atoms with van der Waals surface area (Å²) in [5.74, 6) is 2.01. The highest BCUT2D eigenvalue weighted by Gasteiger charge is 2.39. The average molecular weight is 605 g/mol. The summed E-state index contributed by atoms with van der Waals surface area (Å²) in [5, 5.41) is 17.1. The molecule has 1 fully saturated rings. The third-order valence-electron chi connectivity index (χ3n) is 8.06. The lowest BCUT2D eigenvalue weighted by molar-refractivity contribution is -0.117. The molecule has 0 saturated heterocycles. The van der Waals surface area contributed by atoms with E-state index < -0.39 is 5.92 Å². The third kappa shape index (κ3) is 6.07. The maximum absolute atomic E-state index is 13.5. The average Bonchev–Trinajstić information content (AvgIpc) is 3.76. The fraction of sp³-hybridized carbons (Fsp3) is 0.455. The summed E-state index contributed by atoms with van der Waals surface area (Å²) in [5.41, 5.74) is 6.07. The van der Waals surface area contributed by atoms with E-state index >= 15 is 0 Å². The van der Waals surface area contributed by atoms with E-state index in [1.54, 1.807) is 0 Å². The first kappa shape index (κ1) is 28.3. The van der Waals surface area contributed by atoms with Gasteiger partial charge in [-0.15, -0.1) is 0 Å². The number of nitriles is 1. The zero-order valence-corrected chi connectivity index (χ0v) is 25.2. The number of hydrogen-bond donors (Lipinski definition) is 2. The third-order valence-corrected chi connectivity index (χ3v) is 8.65. The van der Waals surface area contributed by atoms with Gasteiger partial charge in [0.05, 0.1) is 28.6 Å². The molecule has 210 valence electrons. The number of carbonyl (C=O) groups excluding carboxylic acids is 1. The predicted molar refractivity (Wildman–Crippen MR) is 161 cm³/mol. The van der Waals surface area contributed by atoms with Gasteiger partial charge in [-0.2, -0.15) is 5.26 Å². The number of rotatable bonds is 11. The Morgan fingerprint density at radius 1 is 1.12 bits per heavy atom. The molecule has 7 heteroatoms. The molecule has 2 aromatic rings. The van der Waals surface area contributed by atoms with Gasteiger partial charge >= 0.3 is 0 Å². The van der Waals surface area contributed by atoms with Crippen molar-refractivity contribution >= 4 is 27.4 Å². The minimum Gasteiger partial charge on any atom is -0.490 e. The number of carbonyl (C=O) groups is 1. The lowest BCUT2D eigenvalue weighted by Gasteiger charge is -2.35. The van der Waals surface area contributed by atoms with Gasteiger partial charge in [-0.25, -0.2) is 0 Å². The minimum absolute atomic E-state index is 0.127. The van der Waals surface area contributed by atoms with Crippen LogP contribution in [0.25, 0.3) is 0 Å². The number of halogens is 1. The maximum atomic E-state index is 13.5. The zero-order chi connectivity index (χ0) is 28.2. The summed E-state index contributed by atoms with van der Waals surface area (Å²) in [4.78, 5) is 13.5. The van der Waals surface area contributed by atoms with Crippen LogP contribution in [0.4, 0.5) is 5.69 Å². The normalized spacial score (nSPS) is 20.5. The summed E-state index contributed by atoms with van der Waals surface area (Å²) >= 11 is 3.74. The number of para-hydroxylation sites is 1. The first-order valence-corrected chi connectivity index (χ1v) is 15.3. The zero-order valence-electron chi connectivity index (χ0n) is 23.6. The van der Waals surface area contributed by atoms with Gasteiger partial charge in [-0.3, -0.25) is 4.79 Å². The first-order chi connectivity index (χ1) is 19.4. The number of ketones is 1. The van der Waals surface area contributed by atoms with E-state index in [1.165, 1.54) is 12.8 Å². The summed E-state index contributed by atoms with van der Waals surface area (Å²) in [7, 11) is 0. The molecule has 3 aliphatic rings. The van der Waals surface area contributed by atoms with E-state index in [9.17, 15) is 10.1 Å². The van der Waals surface area contributed by atoms with Crippen LogP contribution in [0.15, 0.2) is 63.4 Å². The summed E-state index contributed by atoms with van der Waals surface area (Å²) in [6.07, 6.45) is 6.02. The molecule has 0 spiro atoms. The topological polar surface area (TPSA) is 83.4 Å². The molecule has 0 radical (unpaired) electrons. The quantitative estimate of drug-likeness (QED) is 0.273. The lowest BCUT2D eigenvalue weighted by Crippen LogP contribution is -2.34. The van der Waals surface area contributed by atoms with Gasteiger partial charge in [0.25, 0.3) is 0 Å². The molecule has 1 aliphatic heterocycles. The van der Waals surface area contributed by atoms with Gasteiger partial charge < -0.3 is 20.1 Å². The first-order valence-electron chi connectivity index (χ1n) is 14.5. The van der Waals surface area contributed by atoms with Gasteiger partial charge in [0, 0.05) is 41.2 Å². The highest BCUT2D eigenvalue weighted by Crippen LogP contribution is 2.47. The number of dihydropyridines is 1. The number of nitrogens with one attached hydrogen (secondary N) is 2. The van der Waals surface area contributed by atoms with Crippen molar-refractivity contribution in [3.63, 3.8) is 0 Å². The molecule has 0 aromatic heterocycles. The number of ether oxygens (including phenoxy) is 2. The predicted octanol–water partition coefficient (Wildman–Crippen LogP) is 7.77. The molecule has 0 bridgehead atoms. The van der Waals surface area contributed by atoms with Crippen molar-refractivity contribution in [3.05, 3.63) is 74.5 Å². The number of Topliss-reactive ketones (excluding diaryl/α,β-unsaturated/α-hetero) is 1. The second-order valence-electron chi connectivity index (χ2n) is 11.1. The lowest BCUT2D eigenvalue weighted by atomic mass is 9.72. The highest BCUT2D eigenvalue weighted by atomic mass is 79.9. The van der Waals surface area contributed by atoms with E-state index in [1.807, 2.05) is 38.1 Å². The minimum atomic E-state index is -0.437. The molecule has 5 rings (SSSR count). The Morgan fingerprint density at radius 2 is 1.93 bits per heavy atom. The number of hydrogen-bond acceptors (Lipinski definition) is 6. The van der Waals surface area contributed by atoms with Crippen LogP contribution in [0.1, 0.15) is 76.3 Å². The Kier molecular flexibility index (Phi) is 8.85. The molecule has 2 aromatic carbocycles. The van der Waals surface area contributed by atoms with Crippen LogP contribution in [0.2, 0.25) is 0 Å². The maximum Gasteiger partial charge on any atom is 0.175 e. The van der Waals surface area contributed by atoms with E-state index in [4.69, 9.17) is 9.47 Å². The van der Waals surface area contributed by atoms with Crippen molar-refractivity contribution in [2.45, 2.75) is 71.8 Å². The molecular formula is C33H38BrN3O3. The summed E-state index contributed by atoms with van der Waals surface area (Å²) in [6.45, 7) is 7.85. The van der Waals surface area contributed by atoms with Crippen molar-refractivity contribution in [3.8, 4) is 17.6 Å². The number of anilines is 1. The second kappa shape index (κ2) is 12.5. The molecule has 2 N–H and O–H groups in total. The second-order valence-corrected chi connectivity index (χ2v) is 12.0. The van der Waals surface area contributed by atoms with Crippen molar-refractivity contribution in [2.24, 2.45) is 11.8 Å². The fourth-order valence-corrected chi connectivity index (χ4v) is 6.49. The molecule has 1 heterocycles. The van der Waals surface area contributed by atoms with Gasteiger partial charge in [0.15, 0.2) is 17.3 Å². The Morgan fingerprint density at radius 3 is 2.65 bits per heavy atom. The Bertz CT molecular complexity index is 1390. The van der Waals surface area contributed by atoms with Gasteiger partial charge in [-0.05, 0) is 91.1 Å². The van der Waals surface area contributed by atoms with E-state index in [0.29, 0.717) is 48.2 Å². The van der Waals surface area contributed by atoms with E-state index in [0.717, 1.165) is 64.4 Å². The van der Waals surface area contributed by atoms with E-state index in [-0.39, 0.29) is 5.78 Å². The van der Waals surface area contributed by atoms with Crippen LogP contribution in [-0.2, 0) is 11.4 Å². The van der Waals surface area contributed by atoms with Crippen LogP contribution >= 0.6 is 15.9 Å². The Balaban J connectivity index is 1.47. The molecule has 0 amide bonds. The molecule has 2 aliphatic carbocycles. The van der Waals surface area contributed by atoms with Gasteiger partial charge in [-0.1, -0.05) is 31.5 Å². The highest BCUT2D eigenvalue weighted by molar-refractivity contribution is 9.10. The number of benzene rings is 2. The standard InChI is InChI=1S/C33H38BrN3O3/c1-4-8-22-13-28-32(29(38)14-22)31(25(17-35)20(3)37-28)24-15-26(34)33(30(16-24)39-5-2)40-19-23-9-6-7-10-27(23)36-18-21-11-12-21/h6-7,9-10,15-16,21-22,31,36-37H,4-5,8,11-14,18-19H2,1-3H3. The SMILES string of the molecule is CCCC1CC(=O)C2=C(C1)NC(C)=C(C#N)C2c1cc(Br)c(OCc2ccccc2NCC2CC2)c(OCC)c1. The van der Waals surface area contributed by atoms with Crippen molar-refractivity contribution in [1.82, 2.24) is 5.32 Å². The Labute approximate surface area is 246 Å². The molecule has 6 nitrogen and oxygen atoms in total. The van der Waals surface area contributed by atoms with E-state index in [2.05, 4.69) is 51.7 Å². The van der Waals surface area contributed by atoms with Crippen LogP contribution < -0.4 is 20.1 Å². The van der Waals surface area contributed by atoms with Gasteiger partial charge in [0.2, 0.25) is 0 Å². The molecule has 2 unspecified atom stereocenters. The van der Waals surface area contributed by atoms with Crippen molar-refractivity contribution < 1.29 is 14.3 Å². The van der Waals surface area contributed by atoms with Crippen LogP contribution in [-0.4, -0.2) is 18.9 Å². The molecule has 1 saturated carbocycles. The largest absolute Gasteiger partial charge is 0.490 e. The van der Waals surface area contributed by atoms with Crippen LogP contribution in [0.5, 0.6) is 11.5 Å². The summed E-state index contributed by atoms with van der Waals surface area (Å²) in [6, 6.07) is 14.5. The van der Waals surface area contributed by atoms with Crippen LogP contribution in [0.3, 0.4) is 0 Å². The molecular weight excluding hydrogens is 566 g/mol. The molecule has 40 heavy (non-hydrogen) atoms. The van der Waals surface area contributed by atoms with Crippen molar-refractivity contribution in [2.75, 3.05) is 18.5 Å². The van der Waals surface area contributed by atoms with Gasteiger partial charge in [0.1, 0.15) is 6.61 Å². The Hall–Kier alpha value is -3.24. The summed E-state index contributed by atoms with van der Waals surface area (Å²) < 4.78 is 13.2.